The lowest BCUT2D eigenvalue weighted by atomic mass is 10.0. The number of benzene rings is 2. The average molecular weight is 340 g/mol. The lowest BCUT2D eigenvalue weighted by Crippen LogP contribution is -2.50. The first-order valence-corrected chi connectivity index (χ1v) is 7.93. The van der Waals surface area contributed by atoms with Gasteiger partial charge in [-0.3, -0.25) is 19.3 Å². The van der Waals surface area contributed by atoms with Crippen LogP contribution in [0.3, 0.4) is 0 Å². The Labute approximate surface area is 144 Å². The molecule has 0 unspecified atom stereocenters. The van der Waals surface area contributed by atoms with Crippen LogP contribution in [0.1, 0.15) is 34.6 Å². The number of nitrogens with zero attached hydrogens (tertiary/aromatic N) is 1. The fourth-order valence-corrected chi connectivity index (χ4v) is 2.93. The zero-order valence-electron chi connectivity index (χ0n) is 13.8. The molecule has 0 radical (unpaired) electrons. The monoisotopic (exact) mass is 340 g/mol. The number of imide groups is 1. The van der Waals surface area contributed by atoms with Crippen molar-refractivity contribution >= 4 is 23.4 Å². The van der Waals surface area contributed by atoms with E-state index in [0.29, 0.717) is 16.8 Å². The van der Waals surface area contributed by atoms with Crippen molar-refractivity contribution in [1.29, 1.82) is 0 Å². The fourth-order valence-electron chi connectivity index (χ4n) is 2.93. The molecule has 0 fully saturated rings. The maximum atomic E-state index is 13.0. The number of amides is 3. The molecule has 6 heteroatoms. The van der Waals surface area contributed by atoms with Crippen molar-refractivity contribution in [2.24, 2.45) is 5.92 Å². The molecular weight excluding hydrogens is 323 g/mol. The number of carbonyl (C=O) groups is 3. The third kappa shape index (κ3) is 3.03. The van der Waals surface area contributed by atoms with E-state index in [1.54, 1.807) is 38.1 Å². The minimum Gasteiger partial charge on any atom is -0.324 e. The first-order chi connectivity index (χ1) is 11.9. The van der Waals surface area contributed by atoms with E-state index in [4.69, 9.17) is 0 Å². The first-order valence-electron chi connectivity index (χ1n) is 7.93. The highest BCUT2D eigenvalue weighted by Gasteiger charge is 2.43. The standard InChI is InChI=1S/C19H17FN2O3/c1-11(2)16(17(23)21-13-9-7-12(20)8-10-13)22-18(24)14-5-3-4-6-15(14)19(22)25/h3-11,16H,1-2H3,(H,21,23)/t16-/m1/s1. The van der Waals surface area contributed by atoms with Crippen LogP contribution in [-0.2, 0) is 4.79 Å². The summed E-state index contributed by atoms with van der Waals surface area (Å²) >= 11 is 0. The predicted octanol–water partition coefficient (Wildman–Crippen LogP) is 3.09. The summed E-state index contributed by atoms with van der Waals surface area (Å²) in [4.78, 5) is 39.0. The highest BCUT2D eigenvalue weighted by Crippen LogP contribution is 2.27. The third-order valence-corrected chi connectivity index (χ3v) is 4.12. The molecule has 0 spiro atoms. The molecule has 0 bridgehead atoms. The van der Waals surface area contributed by atoms with E-state index in [1.807, 2.05) is 0 Å². The van der Waals surface area contributed by atoms with E-state index >= 15 is 0 Å². The second-order valence-corrected chi connectivity index (χ2v) is 6.21. The molecule has 128 valence electrons. The average Bonchev–Trinajstić information content (AvgIpc) is 2.83. The van der Waals surface area contributed by atoms with Crippen LogP contribution in [0.5, 0.6) is 0 Å². The summed E-state index contributed by atoms with van der Waals surface area (Å²) in [6, 6.07) is 10.8. The number of nitrogens with one attached hydrogen (secondary N) is 1. The smallest absolute Gasteiger partial charge is 0.262 e. The summed E-state index contributed by atoms with van der Waals surface area (Å²) in [5.74, 6) is -2.15. The van der Waals surface area contributed by atoms with Gasteiger partial charge in [0.25, 0.3) is 11.8 Å². The first kappa shape index (κ1) is 16.8. The van der Waals surface area contributed by atoms with Gasteiger partial charge in [-0.1, -0.05) is 26.0 Å². The molecular formula is C19H17FN2O3. The Hall–Kier alpha value is -3.02. The maximum Gasteiger partial charge on any atom is 0.262 e. The van der Waals surface area contributed by atoms with Gasteiger partial charge < -0.3 is 5.32 Å². The SMILES string of the molecule is CC(C)[C@H](C(=O)Nc1ccc(F)cc1)N1C(=O)c2ccccc2C1=O. The summed E-state index contributed by atoms with van der Waals surface area (Å²) in [5.41, 5.74) is 0.995. The number of halogens is 1. The van der Waals surface area contributed by atoms with Crippen molar-refractivity contribution in [3.05, 3.63) is 65.5 Å². The molecule has 3 rings (SSSR count). The molecule has 1 atom stereocenters. The van der Waals surface area contributed by atoms with Crippen molar-refractivity contribution in [1.82, 2.24) is 4.90 Å². The van der Waals surface area contributed by atoms with Gasteiger partial charge >= 0.3 is 0 Å². The van der Waals surface area contributed by atoms with Gasteiger partial charge in [-0.05, 0) is 42.3 Å². The summed E-state index contributed by atoms with van der Waals surface area (Å²) < 4.78 is 13.0. The normalized spacial score (nSPS) is 14.6. The highest BCUT2D eigenvalue weighted by molar-refractivity contribution is 6.23. The Balaban J connectivity index is 1.89. The number of hydrogen-bond acceptors (Lipinski definition) is 3. The summed E-state index contributed by atoms with van der Waals surface area (Å²) in [6.45, 7) is 3.52. The van der Waals surface area contributed by atoms with Gasteiger partial charge in [0, 0.05) is 5.69 Å². The molecule has 2 aromatic carbocycles. The Bertz CT molecular complexity index is 811. The lowest BCUT2D eigenvalue weighted by molar-refractivity contribution is -0.121. The van der Waals surface area contributed by atoms with Gasteiger partial charge in [0.15, 0.2) is 0 Å². The Morgan fingerprint density at radius 3 is 1.96 bits per heavy atom. The van der Waals surface area contributed by atoms with Crippen LogP contribution < -0.4 is 5.32 Å². The molecule has 5 nitrogen and oxygen atoms in total. The minimum absolute atomic E-state index is 0.289. The number of carbonyl (C=O) groups excluding carboxylic acids is 3. The lowest BCUT2D eigenvalue weighted by Gasteiger charge is -2.28. The van der Waals surface area contributed by atoms with Gasteiger partial charge in [0.05, 0.1) is 11.1 Å². The molecule has 3 amide bonds. The fraction of sp³-hybridized carbons (Fsp3) is 0.211. The Morgan fingerprint density at radius 1 is 0.960 bits per heavy atom. The van der Waals surface area contributed by atoms with Crippen LogP contribution in [0.4, 0.5) is 10.1 Å². The zero-order valence-corrected chi connectivity index (χ0v) is 13.8. The summed E-state index contributed by atoms with van der Waals surface area (Å²) in [6.07, 6.45) is 0. The second kappa shape index (κ2) is 6.47. The van der Waals surface area contributed by atoms with Crippen molar-refractivity contribution in [3.63, 3.8) is 0 Å². The largest absolute Gasteiger partial charge is 0.324 e. The van der Waals surface area contributed by atoms with Crippen molar-refractivity contribution in [2.45, 2.75) is 19.9 Å². The van der Waals surface area contributed by atoms with Crippen LogP contribution >= 0.6 is 0 Å². The molecule has 1 aliphatic rings. The Morgan fingerprint density at radius 2 is 1.48 bits per heavy atom. The molecule has 25 heavy (non-hydrogen) atoms. The van der Waals surface area contributed by atoms with Crippen LogP contribution in [0, 0.1) is 11.7 Å². The zero-order chi connectivity index (χ0) is 18.1. The van der Waals surface area contributed by atoms with Crippen molar-refractivity contribution in [3.8, 4) is 0 Å². The summed E-state index contributed by atoms with van der Waals surface area (Å²) in [7, 11) is 0. The van der Waals surface area contributed by atoms with E-state index in [1.165, 1.54) is 24.3 Å². The Kier molecular flexibility index (Phi) is 4.35. The molecule has 0 saturated carbocycles. The van der Waals surface area contributed by atoms with Gasteiger partial charge in [-0.25, -0.2) is 4.39 Å². The molecule has 1 heterocycles. The number of hydrogen-bond donors (Lipinski definition) is 1. The van der Waals surface area contributed by atoms with Crippen molar-refractivity contribution in [2.75, 3.05) is 5.32 Å². The van der Waals surface area contributed by atoms with Gasteiger partial charge in [-0.15, -0.1) is 0 Å². The quantitative estimate of drug-likeness (QED) is 0.870. The van der Waals surface area contributed by atoms with Crippen LogP contribution in [0.25, 0.3) is 0 Å². The van der Waals surface area contributed by atoms with E-state index < -0.39 is 29.6 Å². The van der Waals surface area contributed by atoms with E-state index in [9.17, 15) is 18.8 Å². The predicted molar refractivity (Wildman–Crippen MR) is 90.6 cm³/mol. The topological polar surface area (TPSA) is 66.5 Å². The second-order valence-electron chi connectivity index (χ2n) is 6.21. The van der Waals surface area contributed by atoms with E-state index in [0.717, 1.165) is 4.90 Å². The minimum atomic E-state index is -0.961. The van der Waals surface area contributed by atoms with Crippen LogP contribution in [0.2, 0.25) is 0 Å². The summed E-state index contributed by atoms with van der Waals surface area (Å²) in [5, 5.41) is 2.64. The molecule has 1 aliphatic heterocycles. The maximum absolute atomic E-state index is 13.0. The van der Waals surface area contributed by atoms with Gasteiger partial charge in [-0.2, -0.15) is 0 Å². The third-order valence-electron chi connectivity index (χ3n) is 4.12. The van der Waals surface area contributed by atoms with E-state index in [2.05, 4.69) is 5.32 Å². The molecule has 1 N–H and O–H groups in total. The molecule has 2 aromatic rings. The van der Waals surface area contributed by atoms with Crippen LogP contribution in [-0.4, -0.2) is 28.7 Å². The highest BCUT2D eigenvalue weighted by atomic mass is 19.1. The molecule has 0 saturated heterocycles. The van der Waals surface area contributed by atoms with E-state index in [-0.39, 0.29) is 5.92 Å². The number of anilines is 1. The molecule has 0 aliphatic carbocycles. The number of rotatable bonds is 4. The van der Waals surface area contributed by atoms with Gasteiger partial charge in [0.2, 0.25) is 5.91 Å². The molecule has 0 aromatic heterocycles. The van der Waals surface area contributed by atoms with Crippen molar-refractivity contribution < 1.29 is 18.8 Å². The number of fused-ring (bicyclic) bond motifs is 1. The van der Waals surface area contributed by atoms with Gasteiger partial charge in [0.1, 0.15) is 11.9 Å². The van der Waals surface area contributed by atoms with Crippen LogP contribution in [0.15, 0.2) is 48.5 Å².